The molecule has 0 spiro atoms. The minimum absolute atomic E-state index is 0.0106. The molecule has 0 N–H and O–H groups in total. The average molecular weight is 287 g/mol. The monoisotopic (exact) mass is 286 g/mol. The highest BCUT2D eigenvalue weighted by molar-refractivity contribution is 6.33. The van der Waals surface area contributed by atoms with Gasteiger partial charge < -0.3 is 4.90 Å². The second-order valence-electron chi connectivity index (χ2n) is 4.89. The van der Waals surface area contributed by atoms with Crippen molar-refractivity contribution in [3.8, 4) is 11.3 Å². The smallest absolute Gasteiger partial charge is 0.272 e. The lowest BCUT2D eigenvalue weighted by Crippen LogP contribution is -2.28. The second-order valence-corrected chi connectivity index (χ2v) is 5.29. The molecule has 3 nitrogen and oxygen atoms in total. The summed E-state index contributed by atoms with van der Waals surface area (Å²) in [4.78, 5) is 18.7. The van der Waals surface area contributed by atoms with Gasteiger partial charge in [0.25, 0.3) is 5.91 Å². The molecule has 1 amide bonds. The Morgan fingerprint density at radius 1 is 1.05 bits per heavy atom. The fraction of sp³-hybridized carbons (Fsp3) is 0.250. The number of nitrogens with zero attached hydrogens (tertiary/aromatic N) is 2. The zero-order chi connectivity index (χ0) is 13.9. The number of hydrogen-bond donors (Lipinski definition) is 0. The number of amides is 1. The van der Waals surface area contributed by atoms with Crippen LogP contribution in [0.3, 0.4) is 0 Å². The fourth-order valence-electron chi connectivity index (χ4n) is 2.45. The van der Waals surface area contributed by atoms with Crippen LogP contribution in [0.2, 0.25) is 5.02 Å². The minimum Gasteiger partial charge on any atom is -0.337 e. The molecule has 0 bridgehead atoms. The fourth-order valence-corrected chi connectivity index (χ4v) is 2.69. The van der Waals surface area contributed by atoms with Gasteiger partial charge in [-0.05, 0) is 31.0 Å². The molecular formula is C16H15ClN2O. The molecule has 102 valence electrons. The number of hydrogen-bond acceptors (Lipinski definition) is 2. The van der Waals surface area contributed by atoms with E-state index in [2.05, 4.69) is 4.98 Å². The third kappa shape index (κ3) is 2.54. The van der Waals surface area contributed by atoms with Crippen molar-refractivity contribution in [2.45, 2.75) is 12.8 Å². The number of pyridine rings is 1. The predicted molar refractivity (Wildman–Crippen MR) is 79.8 cm³/mol. The molecule has 0 unspecified atom stereocenters. The summed E-state index contributed by atoms with van der Waals surface area (Å²) in [6.07, 6.45) is 2.16. The maximum Gasteiger partial charge on any atom is 0.272 e. The molecule has 0 aliphatic carbocycles. The van der Waals surface area contributed by atoms with Crippen molar-refractivity contribution in [3.63, 3.8) is 0 Å². The number of carbonyl (C=O) groups excluding carboxylic acids is 1. The van der Waals surface area contributed by atoms with Crippen LogP contribution in [0, 0.1) is 0 Å². The highest BCUT2D eigenvalue weighted by atomic mass is 35.5. The van der Waals surface area contributed by atoms with Crippen LogP contribution in [0.1, 0.15) is 23.3 Å². The Kier molecular flexibility index (Phi) is 3.70. The summed E-state index contributed by atoms with van der Waals surface area (Å²) in [7, 11) is 0. The first kappa shape index (κ1) is 13.1. The summed E-state index contributed by atoms with van der Waals surface area (Å²) >= 11 is 6.18. The molecule has 0 saturated carbocycles. The van der Waals surface area contributed by atoms with Gasteiger partial charge in [-0.25, -0.2) is 4.98 Å². The average Bonchev–Trinajstić information content (AvgIpc) is 3.01. The Labute approximate surface area is 123 Å². The summed E-state index contributed by atoms with van der Waals surface area (Å²) in [5.74, 6) is 0.0106. The first-order valence-corrected chi connectivity index (χ1v) is 7.15. The van der Waals surface area contributed by atoms with Gasteiger partial charge in [0.15, 0.2) is 0 Å². The zero-order valence-electron chi connectivity index (χ0n) is 11.1. The molecule has 0 atom stereocenters. The number of carbonyl (C=O) groups is 1. The van der Waals surface area contributed by atoms with Gasteiger partial charge in [0, 0.05) is 23.7 Å². The predicted octanol–water partition coefficient (Wildman–Crippen LogP) is 3.64. The van der Waals surface area contributed by atoms with Crippen LogP contribution in [0.25, 0.3) is 11.3 Å². The maximum absolute atomic E-state index is 12.3. The molecule has 1 fully saturated rings. The second kappa shape index (κ2) is 5.63. The molecular weight excluding hydrogens is 272 g/mol. The highest BCUT2D eigenvalue weighted by Crippen LogP contribution is 2.26. The third-order valence-corrected chi connectivity index (χ3v) is 3.84. The molecule has 1 saturated heterocycles. The summed E-state index contributed by atoms with van der Waals surface area (Å²) in [5, 5.41) is 0.644. The van der Waals surface area contributed by atoms with Crippen molar-refractivity contribution in [1.29, 1.82) is 0 Å². The normalized spacial score (nSPS) is 14.6. The van der Waals surface area contributed by atoms with Crippen LogP contribution in [-0.2, 0) is 0 Å². The number of halogens is 1. The van der Waals surface area contributed by atoms with E-state index in [0.717, 1.165) is 37.2 Å². The number of rotatable bonds is 2. The summed E-state index contributed by atoms with van der Waals surface area (Å²) in [5.41, 5.74) is 2.08. The van der Waals surface area contributed by atoms with Crippen LogP contribution in [0.4, 0.5) is 0 Å². The van der Waals surface area contributed by atoms with Crippen molar-refractivity contribution < 1.29 is 4.79 Å². The molecule has 1 aliphatic rings. The SMILES string of the molecule is O=C(c1cccc(-c2ccccc2Cl)n1)N1CCCC1. The Balaban J connectivity index is 1.93. The lowest BCUT2D eigenvalue weighted by Gasteiger charge is -2.15. The van der Waals surface area contributed by atoms with Crippen molar-refractivity contribution >= 4 is 17.5 Å². The molecule has 3 rings (SSSR count). The van der Waals surface area contributed by atoms with Gasteiger partial charge in [-0.15, -0.1) is 0 Å². The van der Waals surface area contributed by atoms with Crippen molar-refractivity contribution in [1.82, 2.24) is 9.88 Å². The van der Waals surface area contributed by atoms with E-state index in [1.807, 2.05) is 41.3 Å². The molecule has 2 heterocycles. The van der Waals surface area contributed by atoms with E-state index in [9.17, 15) is 4.79 Å². The quantitative estimate of drug-likeness (QED) is 0.844. The molecule has 0 radical (unpaired) electrons. The number of aromatic nitrogens is 1. The Bertz CT molecular complexity index is 636. The van der Waals surface area contributed by atoms with E-state index in [4.69, 9.17) is 11.6 Å². The van der Waals surface area contributed by atoms with Crippen molar-refractivity contribution in [2.24, 2.45) is 0 Å². The van der Waals surface area contributed by atoms with Crippen LogP contribution < -0.4 is 0 Å². The first-order valence-electron chi connectivity index (χ1n) is 6.77. The van der Waals surface area contributed by atoms with Crippen LogP contribution >= 0.6 is 11.6 Å². The molecule has 2 aromatic rings. The van der Waals surface area contributed by atoms with Crippen molar-refractivity contribution in [2.75, 3.05) is 13.1 Å². The van der Waals surface area contributed by atoms with Crippen LogP contribution in [0.5, 0.6) is 0 Å². The third-order valence-electron chi connectivity index (χ3n) is 3.51. The van der Waals surface area contributed by atoms with E-state index in [1.165, 1.54) is 0 Å². The van der Waals surface area contributed by atoms with E-state index < -0.39 is 0 Å². The van der Waals surface area contributed by atoms with E-state index in [1.54, 1.807) is 6.07 Å². The number of benzene rings is 1. The Morgan fingerprint density at radius 2 is 1.80 bits per heavy atom. The Hall–Kier alpha value is -1.87. The van der Waals surface area contributed by atoms with Crippen LogP contribution in [-0.4, -0.2) is 28.9 Å². The van der Waals surface area contributed by atoms with Gasteiger partial charge in [-0.1, -0.05) is 35.9 Å². The maximum atomic E-state index is 12.3. The first-order chi connectivity index (χ1) is 9.75. The van der Waals surface area contributed by atoms with Crippen LogP contribution in [0.15, 0.2) is 42.5 Å². The number of likely N-dealkylation sites (tertiary alicyclic amines) is 1. The van der Waals surface area contributed by atoms with E-state index in [0.29, 0.717) is 10.7 Å². The van der Waals surface area contributed by atoms with E-state index >= 15 is 0 Å². The van der Waals surface area contributed by atoms with Gasteiger partial charge in [-0.3, -0.25) is 4.79 Å². The molecule has 20 heavy (non-hydrogen) atoms. The van der Waals surface area contributed by atoms with E-state index in [-0.39, 0.29) is 5.91 Å². The Morgan fingerprint density at radius 3 is 2.55 bits per heavy atom. The molecule has 1 aromatic heterocycles. The molecule has 1 aliphatic heterocycles. The topological polar surface area (TPSA) is 33.2 Å². The zero-order valence-corrected chi connectivity index (χ0v) is 11.8. The summed E-state index contributed by atoms with van der Waals surface area (Å²) < 4.78 is 0. The molecule has 4 heteroatoms. The summed E-state index contributed by atoms with van der Waals surface area (Å²) in [6.45, 7) is 1.66. The largest absolute Gasteiger partial charge is 0.337 e. The lowest BCUT2D eigenvalue weighted by atomic mass is 10.1. The lowest BCUT2D eigenvalue weighted by molar-refractivity contribution is 0.0787. The van der Waals surface area contributed by atoms with Gasteiger partial charge in [0.1, 0.15) is 5.69 Å². The standard InChI is InChI=1S/C16H15ClN2O/c17-13-7-2-1-6-12(13)14-8-5-9-15(18-14)16(20)19-10-3-4-11-19/h1-2,5-9H,3-4,10-11H2. The summed E-state index contributed by atoms with van der Waals surface area (Å²) in [6, 6.07) is 13.0. The minimum atomic E-state index is 0.0106. The molecule has 1 aromatic carbocycles. The van der Waals surface area contributed by atoms with Gasteiger partial charge in [0.2, 0.25) is 0 Å². The highest BCUT2D eigenvalue weighted by Gasteiger charge is 2.20. The van der Waals surface area contributed by atoms with Gasteiger partial charge in [0.05, 0.1) is 5.69 Å². The van der Waals surface area contributed by atoms with Gasteiger partial charge in [-0.2, -0.15) is 0 Å². The van der Waals surface area contributed by atoms with Gasteiger partial charge >= 0.3 is 0 Å². The van der Waals surface area contributed by atoms with Crippen molar-refractivity contribution in [3.05, 3.63) is 53.2 Å².